The summed E-state index contributed by atoms with van der Waals surface area (Å²) in [5.41, 5.74) is 0.517. The fraction of sp³-hybridized carbons (Fsp3) is 0.619. The Labute approximate surface area is 167 Å². The molecule has 1 unspecified atom stereocenters. The molecule has 2 saturated heterocycles. The Bertz CT molecular complexity index is 666. The van der Waals surface area contributed by atoms with Gasteiger partial charge in [-0.05, 0) is 32.8 Å². The molecule has 0 aliphatic carbocycles. The van der Waals surface area contributed by atoms with Crippen LogP contribution < -0.4 is 0 Å². The van der Waals surface area contributed by atoms with E-state index in [-0.39, 0.29) is 12.2 Å². The Hall–Kier alpha value is -2.28. The second kappa shape index (κ2) is 8.82. The van der Waals surface area contributed by atoms with Gasteiger partial charge in [0, 0.05) is 45.3 Å². The highest BCUT2D eigenvalue weighted by molar-refractivity contribution is 5.68. The number of hydrogen-bond acceptors (Lipinski definition) is 5. The molecule has 0 aromatic heterocycles. The summed E-state index contributed by atoms with van der Waals surface area (Å²) in [5, 5.41) is 0. The van der Waals surface area contributed by atoms with E-state index in [1.807, 2.05) is 51.1 Å². The van der Waals surface area contributed by atoms with Gasteiger partial charge in [-0.25, -0.2) is 9.59 Å². The molecule has 2 heterocycles. The van der Waals surface area contributed by atoms with E-state index in [9.17, 15) is 9.59 Å². The minimum Gasteiger partial charge on any atom is -0.445 e. The molecule has 0 saturated carbocycles. The summed E-state index contributed by atoms with van der Waals surface area (Å²) >= 11 is 0. The molecule has 7 heteroatoms. The minimum atomic E-state index is -0.471. The number of carbonyl (C=O) groups is 2. The molecule has 0 bridgehead atoms. The fourth-order valence-electron chi connectivity index (χ4n) is 3.61. The predicted molar refractivity (Wildman–Crippen MR) is 106 cm³/mol. The quantitative estimate of drug-likeness (QED) is 0.795. The van der Waals surface area contributed by atoms with Crippen molar-refractivity contribution in [3.8, 4) is 0 Å². The second-order valence-electron chi connectivity index (χ2n) is 8.43. The monoisotopic (exact) mass is 389 g/mol. The van der Waals surface area contributed by atoms with Gasteiger partial charge in [-0.2, -0.15) is 0 Å². The molecule has 3 rings (SSSR count). The van der Waals surface area contributed by atoms with Gasteiger partial charge >= 0.3 is 12.2 Å². The van der Waals surface area contributed by atoms with Crippen LogP contribution in [0.4, 0.5) is 9.59 Å². The average molecular weight is 389 g/mol. The zero-order valence-corrected chi connectivity index (χ0v) is 17.1. The van der Waals surface area contributed by atoms with Crippen LogP contribution in [0.25, 0.3) is 0 Å². The number of likely N-dealkylation sites (tertiary alicyclic amines) is 1. The smallest absolute Gasteiger partial charge is 0.410 e. The lowest BCUT2D eigenvalue weighted by Gasteiger charge is -2.37. The summed E-state index contributed by atoms with van der Waals surface area (Å²) in [6.45, 7) is 10.3. The number of nitrogens with zero attached hydrogens (tertiary/aromatic N) is 3. The number of ether oxygens (including phenoxy) is 2. The van der Waals surface area contributed by atoms with E-state index in [1.165, 1.54) is 0 Å². The summed E-state index contributed by atoms with van der Waals surface area (Å²) in [7, 11) is 0. The predicted octanol–water partition coefficient (Wildman–Crippen LogP) is 2.95. The van der Waals surface area contributed by atoms with Crippen LogP contribution in [0, 0.1) is 0 Å². The molecule has 2 aliphatic heterocycles. The van der Waals surface area contributed by atoms with Gasteiger partial charge in [0.1, 0.15) is 12.2 Å². The van der Waals surface area contributed by atoms with Crippen molar-refractivity contribution >= 4 is 12.2 Å². The number of benzene rings is 1. The second-order valence-corrected chi connectivity index (χ2v) is 8.43. The molecule has 1 aromatic carbocycles. The van der Waals surface area contributed by atoms with E-state index in [4.69, 9.17) is 9.47 Å². The van der Waals surface area contributed by atoms with Gasteiger partial charge in [0.15, 0.2) is 0 Å². The molecule has 2 amide bonds. The van der Waals surface area contributed by atoms with E-state index >= 15 is 0 Å². The highest BCUT2D eigenvalue weighted by atomic mass is 16.6. The van der Waals surface area contributed by atoms with Crippen LogP contribution in [0.5, 0.6) is 0 Å². The largest absolute Gasteiger partial charge is 0.445 e. The fourth-order valence-corrected chi connectivity index (χ4v) is 3.61. The van der Waals surface area contributed by atoms with Gasteiger partial charge in [0.25, 0.3) is 0 Å². The van der Waals surface area contributed by atoms with E-state index < -0.39 is 5.60 Å². The van der Waals surface area contributed by atoms with Gasteiger partial charge in [-0.15, -0.1) is 0 Å². The number of carbonyl (C=O) groups excluding carboxylic acids is 2. The molecular weight excluding hydrogens is 358 g/mol. The molecule has 0 spiro atoms. The van der Waals surface area contributed by atoms with E-state index in [2.05, 4.69) is 4.90 Å². The van der Waals surface area contributed by atoms with Gasteiger partial charge in [0.2, 0.25) is 0 Å². The highest BCUT2D eigenvalue weighted by Crippen LogP contribution is 2.20. The van der Waals surface area contributed by atoms with Crippen molar-refractivity contribution in [1.29, 1.82) is 0 Å². The van der Waals surface area contributed by atoms with Gasteiger partial charge in [-0.3, -0.25) is 4.90 Å². The maximum absolute atomic E-state index is 12.3. The number of amides is 2. The van der Waals surface area contributed by atoms with Crippen molar-refractivity contribution < 1.29 is 19.1 Å². The van der Waals surface area contributed by atoms with Crippen molar-refractivity contribution in [1.82, 2.24) is 14.7 Å². The summed E-state index contributed by atoms with van der Waals surface area (Å²) in [5.74, 6) is 0. The van der Waals surface area contributed by atoms with Crippen LogP contribution in [0.3, 0.4) is 0 Å². The lowest BCUT2D eigenvalue weighted by Crippen LogP contribution is -2.52. The molecule has 7 nitrogen and oxygen atoms in total. The molecule has 1 aromatic rings. The standard InChI is InChI=1S/C21H31N3O4/c1-21(2,3)28-20(26)24-10-9-18(15-24)22-11-13-23(14-12-22)19(25)27-16-17-7-5-4-6-8-17/h4-8,18H,9-16H2,1-3H3. The van der Waals surface area contributed by atoms with Gasteiger partial charge in [-0.1, -0.05) is 30.3 Å². The molecule has 2 aliphatic rings. The Kier molecular flexibility index (Phi) is 6.44. The normalized spacial score (nSPS) is 20.9. The van der Waals surface area contributed by atoms with Crippen molar-refractivity contribution in [3.05, 3.63) is 35.9 Å². The first-order valence-corrected chi connectivity index (χ1v) is 9.99. The Morgan fingerprint density at radius 3 is 2.29 bits per heavy atom. The van der Waals surface area contributed by atoms with E-state index in [0.717, 1.165) is 31.6 Å². The minimum absolute atomic E-state index is 0.238. The van der Waals surface area contributed by atoms with Crippen LogP contribution in [0.1, 0.15) is 32.8 Å². The maximum atomic E-state index is 12.3. The lowest BCUT2D eigenvalue weighted by molar-refractivity contribution is 0.0267. The van der Waals surface area contributed by atoms with Crippen LogP contribution in [0.15, 0.2) is 30.3 Å². The first-order chi connectivity index (χ1) is 13.3. The third-order valence-electron chi connectivity index (χ3n) is 5.11. The summed E-state index contributed by atoms with van der Waals surface area (Å²) < 4.78 is 10.9. The van der Waals surface area contributed by atoms with Crippen molar-refractivity contribution in [2.75, 3.05) is 39.3 Å². The van der Waals surface area contributed by atoms with Gasteiger partial charge < -0.3 is 19.3 Å². The van der Waals surface area contributed by atoms with E-state index in [0.29, 0.717) is 32.3 Å². The zero-order valence-electron chi connectivity index (χ0n) is 17.1. The summed E-state index contributed by atoms with van der Waals surface area (Å²) in [6, 6.07) is 10.0. The molecule has 28 heavy (non-hydrogen) atoms. The summed E-state index contributed by atoms with van der Waals surface area (Å²) in [6.07, 6.45) is 0.445. The Balaban J connectivity index is 1.40. The molecule has 1 atom stereocenters. The maximum Gasteiger partial charge on any atom is 0.410 e. The SMILES string of the molecule is CC(C)(C)OC(=O)N1CCC(N2CCN(C(=O)OCc3ccccc3)CC2)C1. The molecule has 2 fully saturated rings. The van der Waals surface area contributed by atoms with Crippen molar-refractivity contribution in [2.24, 2.45) is 0 Å². The van der Waals surface area contributed by atoms with E-state index in [1.54, 1.807) is 9.80 Å². The first kappa shape index (κ1) is 20.5. The highest BCUT2D eigenvalue weighted by Gasteiger charge is 2.34. The molecule has 0 N–H and O–H groups in total. The topological polar surface area (TPSA) is 62.3 Å². The molecule has 0 radical (unpaired) electrons. The Morgan fingerprint density at radius 1 is 0.964 bits per heavy atom. The number of rotatable bonds is 3. The van der Waals surface area contributed by atoms with Crippen LogP contribution in [0.2, 0.25) is 0 Å². The number of piperazine rings is 1. The molecular formula is C21H31N3O4. The van der Waals surface area contributed by atoms with Crippen molar-refractivity contribution in [3.63, 3.8) is 0 Å². The first-order valence-electron chi connectivity index (χ1n) is 9.99. The van der Waals surface area contributed by atoms with Crippen LogP contribution in [-0.2, 0) is 16.1 Å². The third kappa shape index (κ3) is 5.61. The Morgan fingerprint density at radius 2 is 1.64 bits per heavy atom. The van der Waals surface area contributed by atoms with Crippen LogP contribution in [-0.4, -0.2) is 77.8 Å². The average Bonchev–Trinajstić information content (AvgIpc) is 3.16. The van der Waals surface area contributed by atoms with Crippen molar-refractivity contribution in [2.45, 2.75) is 45.4 Å². The third-order valence-corrected chi connectivity index (χ3v) is 5.11. The zero-order chi connectivity index (χ0) is 20.1. The lowest BCUT2D eigenvalue weighted by atomic mass is 10.2. The van der Waals surface area contributed by atoms with Gasteiger partial charge in [0.05, 0.1) is 0 Å². The van der Waals surface area contributed by atoms with Crippen LogP contribution >= 0.6 is 0 Å². The number of hydrogen-bond donors (Lipinski definition) is 0. The molecule has 154 valence electrons. The summed E-state index contributed by atoms with van der Waals surface area (Å²) in [4.78, 5) is 30.4.